The molecule has 2 heterocycles. The molecule has 2 aromatic rings. The largest absolute Gasteiger partial charge is 0.367 e. The van der Waals surface area contributed by atoms with E-state index in [1.165, 1.54) is 9.58 Å². The number of rotatable bonds is 3. The molecule has 2 amide bonds. The molecule has 24 heavy (non-hydrogen) atoms. The third-order valence-electron chi connectivity index (χ3n) is 3.65. The quantitative estimate of drug-likeness (QED) is 0.888. The first-order chi connectivity index (χ1) is 11.5. The number of carbonyl (C=O) groups excluding carboxylic acids is 2. The molecule has 126 valence electrons. The second kappa shape index (κ2) is 6.80. The van der Waals surface area contributed by atoms with Gasteiger partial charge in [-0.15, -0.1) is 0 Å². The van der Waals surface area contributed by atoms with E-state index in [0.717, 1.165) is 0 Å². The van der Waals surface area contributed by atoms with Crippen LogP contribution in [0, 0.1) is 0 Å². The lowest BCUT2D eigenvalue weighted by Gasteiger charge is -2.30. The Balaban J connectivity index is 1.78. The molecule has 1 aromatic heterocycles. The first-order valence-corrected chi connectivity index (χ1v) is 7.92. The summed E-state index contributed by atoms with van der Waals surface area (Å²) in [4.78, 5) is 25.3. The van der Waals surface area contributed by atoms with Crippen LogP contribution in [0.1, 0.15) is 10.5 Å². The third kappa shape index (κ3) is 3.38. The van der Waals surface area contributed by atoms with Crippen molar-refractivity contribution < 1.29 is 14.3 Å². The number of nitrogens with zero attached hydrogens (tertiary/aromatic N) is 3. The van der Waals surface area contributed by atoms with E-state index in [9.17, 15) is 9.59 Å². The van der Waals surface area contributed by atoms with Crippen LogP contribution in [0.4, 0.5) is 0 Å². The van der Waals surface area contributed by atoms with Crippen molar-refractivity contribution in [3.05, 3.63) is 46.2 Å². The highest BCUT2D eigenvalue weighted by molar-refractivity contribution is 6.42. The van der Waals surface area contributed by atoms with E-state index >= 15 is 0 Å². The van der Waals surface area contributed by atoms with Crippen LogP contribution in [0.25, 0.3) is 5.69 Å². The Morgan fingerprint density at radius 3 is 2.75 bits per heavy atom. The normalized spacial score (nSPS) is 17.8. The van der Waals surface area contributed by atoms with Gasteiger partial charge in [-0.1, -0.05) is 23.2 Å². The number of aromatic nitrogens is 2. The Labute approximate surface area is 147 Å². The predicted octanol–water partition coefficient (Wildman–Crippen LogP) is 1.51. The summed E-state index contributed by atoms with van der Waals surface area (Å²) >= 11 is 11.9. The average Bonchev–Trinajstić information content (AvgIpc) is 3.06. The van der Waals surface area contributed by atoms with Gasteiger partial charge >= 0.3 is 0 Å². The molecule has 1 saturated heterocycles. The number of primary amides is 1. The van der Waals surface area contributed by atoms with E-state index < -0.39 is 12.0 Å². The fourth-order valence-corrected chi connectivity index (χ4v) is 2.67. The minimum Gasteiger partial charge on any atom is -0.367 e. The smallest absolute Gasteiger partial charge is 0.274 e. The summed E-state index contributed by atoms with van der Waals surface area (Å²) in [6.45, 7) is 0.753. The van der Waals surface area contributed by atoms with Gasteiger partial charge in [-0.05, 0) is 24.3 Å². The molecule has 0 saturated carbocycles. The fourth-order valence-electron chi connectivity index (χ4n) is 2.38. The monoisotopic (exact) mass is 368 g/mol. The molecule has 9 heteroatoms. The molecule has 7 nitrogen and oxygen atoms in total. The second-order valence-corrected chi connectivity index (χ2v) is 6.07. The summed E-state index contributed by atoms with van der Waals surface area (Å²) in [7, 11) is 0. The minimum absolute atomic E-state index is 0.119. The summed E-state index contributed by atoms with van der Waals surface area (Å²) in [5.74, 6) is -0.878. The molecule has 0 radical (unpaired) electrons. The highest BCUT2D eigenvalue weighted by Crippen LogP contribution is 2.24. The van der Waals surface area contributed by atoms with Gasteiger partial charge in [0.05, 0.1) is 28.9 Å². The summed E-state index contributed by atoms with van der Waals surface area (Å²) in [6, 6.07) is 6.65. The van der Waals surface area contributed by atoms with Crippen molar-refractivity contribution in [3.63, 3.8) is 0 Å². The minimum atomic E-state index is -0.792. The Morgan fingerprint density at radius 2 is 2.04 bits per heavy atom. The van der Waals surface area contributed by atoms with Crippen molar-refractivity contribution in [2.24, 2.45) is 5.73 Å². The van der Waals surface area contributed by atoms with Gasteiger partial charge in [-0.2, -0.15) is 5.10 Å². The van der Waals surface area contributed by atoms with Crippen LogP contribution in [0.2, 0.25) is 10.0 Å². The van der Waals surface area contributed by atoms with E-state index in [1.54, 1.807) is 30.5 Å². The number of nitrogens with two attached hydrogens (primary N) is 1. The predicted molar refractivity (Wildman–Crippen MR) is 88.4 cm³/mol. The molecule has 3 rings (SSSR count). The van der Waals surface area contributed by atoms with Gasteiger partial charge in [0.15, 0.2) is 11.8 Å². The number of halogens is 2. The van der Waals surface area contributed by atoms with Crippen molar-refractivity contribution >= 4 is 35.0 Å². The van der Waals surface area contributed by atoms with Crippen molar-refractivity contribution in [1.29, 1.82) is 0 Å². The molecule has 1 fully saturated rings. The second-order valence-electron chi connectivity index (χ2n) is 5.26. The number of hydrogen-bond acceptors (Lipinski definition) is 4. The van der Waals surface area contributed by atoms with Gasteiger partial charge in [-0.3, -0.25) is 9.59 Å². The van der Waals surface area contributed by atoms with E-state index in [-0.39, 0.29) is 24.8 Å². The van der Waals surface area contributed by atoms with Gasteiger partial charge in [0.25, 0.3) is 5.91 Å². The summed E-state index contributed by atoms with van der Waals surface area (Å²) in [5, 5.41) is 5.10. The zero-order valence-electron chi connectivity index (χ0n) is 12.5. The van der Waals surface area contributed by atoms with Crippen LogP contribution < -0.4 is 5.73 Å². The van der Waals surface area contributed by atoms with Crippen LogP contribution in [0.3, 0.4) is 0 Å². The molecular weight excluding hydrogens is 355 g/mol. The van der Waals surface area contributed by atoms with Crippen LogP contribution in [0.5, 0.6) is 0 Å². The maximum atomic E-state index is 12.5. The number of ether oxygens (including phenoxy) is 1. The van der Waals surface area contributed by atoms with Gasteiger partial charge in [0.2, 0.25) is 5.91 Å². The van der Waals surface area contributed by atoms with Crippen molar-refractivity contribution in [2.75, 3.05) is 19.7 Å². The Hall–Kier alpha value is -2.09. The first kappa shape index (κ1) is 16.8. The highest BCUT2D eigenvalue weighted by atomic mass is 35.5. The first-order valence-electron chi connectivity index (χ1n) is 7.17. The Bertz CT molecular complexity index is 793. The molecule has 1 aromatic carbocycles. The van der Waals surface area contributed by atoms with Crippen molar-refractivity contribution in [2.45, 2.75) is 6.10 Å². The number of hydrogen-bond donors (Lipinski definition) is 1. The highest BCUT2D eigenvalue weighted by Gasteiger charge is 2.29. The molecular formula is C15H14Cl2N4O3. The zero-order chi connectivity index (χ0) is 17.3. The Morgan fingerprint density at radius 1 is 1.25 bits per heavy atom. The topological polar surface area (TPSA) is 90.5 Å². The summed E-state index contributed by atoms with van der Waals surface area (Å²) in [6.07, 6.45) is 0.860. The van der Waals surface area contributed by atoms with E-state index in [4.69, 9.17) is 33.7 Å². The molecule has 0 spiro atoms. The van der Waals surface area contributed by atoms with Gasteiger partial charge in [0, 0.05) is 12.7 Å². The lowest BCUT2D eigenvalue weighted by molar-refractivity contribution is -0.133. The van der Waals surface area contributed by atoms with Crippen LogP contribution in [-0.4, -0.2) is 52.3 Å². The summed E-state index contributed by atoms with van der Waals surface area (Å²) in [5.41, 5.74) is 6.17. The maximum absolute atomic E-state index is 12.5. The van der Waals surface area contributed by atoms with Gasteiger partial charge in [0.1, 0.15) is 0 Å². The SMILES string of the molecule is NC(=O)C1CN(C(=O)c2ccn(-c3ccc(Cl)c(Cl)c3)n2)CCO1. The lowest BCUT2D eigenvalue weighted by Crippen LogP contribution is -2.50. The number of benzene rings is 1. The van der Waals surface area contributed by atoms with Gasteiger partial charge in [-0.25, -0.2) is 4.68 Å². The number of carbonyl (C=O) groups is 2. The lowest BCUT2D eigenvalue weighted by atomic mass is 10.2. The van der Waals surface area contributed by atoms with E-state index in [0.29, 0.717) is 22.3 Å². The fraction of sp³-hybridized carbons (Fsp3) is 0.267. The molecule has 1 aliphatic rings. The molecule has 1 aliphatic heterocycles. The van der Waals surface area contributed by atoms with E-state index in [1.807, 2.05) is 0 Å². The molecule has 1 atom stereocenters. The average molecular weight is 369 g/mol. The Kier molecular flexibility index (Phi) is 4.75. The van der Waals surface area contributed by atoms with Crippen LogP contribution in [0.15, 0.2) is 30.5 Å². The van der Waals surface area contributed by atoms with Gasteiger partial charge < -0.3 is 15.4 Å². The number of morpholine rings is 1. The van der Waals surface area contributed by atoms with E-state index in [2.05, 4.69) is 5.10 Å². The summed E-state index contributed by atoms with van der Waals surface area (Å²) < 4.78 is 6.76. The van der Waals surface area contributed by atoms with Crippen LogP contribution >= 0.6 is 23.2 Å². The molecule has 2 N–H and O–H groups in total. The molecule has 0 aliphatic carbocycles. The third-order valence-corrected chi connectivity index (χ3v) is 4.39. The maximum Gasteiger partial charge on any atom is 0.274 e. The zero-order valence-corrected chi connectivity index (χ0v) is 14.0. The van der Waals surface area contributed by atoms with Crippen molar-refractivity contribution in [3.8, 4) is 5.69 Å². The van der Waals surface area contributed by atoms with Crippen molar-refractivity contribution in [1.82, 2.24) is 14.7 Å². The number of amides is 2. The van der Waals surface area contributed by atoms with Crippen LogP contribution in [-0.2, 0) is 9.53 Å². The standard InChI is InChI=1S/C15H14Cl2N4O3/c16-10-2-1-9(7-11(10)17)21-4-3-12(19-21)15(23)20-5-6-24-13(8-20)14(18)22/h1-4,7,13H,5-6,8H2,(H2,18,22). The molecule has 0 bridgehead atoms. The molecule has 1 unspecified atom stereocenters.